The molecule has 0 atom stereocenters. The summed E-state index contributed by atoms with van der Waals surface area (Å²) in [6, 6.07) is 1.96. The van der Waals surface area contributed by atoms with Gasteiger partial charge in [0.05, 0.1) is 18.4 Å². The predicted octanol–water partition coefficient (Wildman–Crippen LogP) is 2.16. The van der Waals surface area contributed by atoms with Crippen molar-refractivity contribution in [3.63, 3.8) is 0 Å². The summed E-state index contributed by atoms with van der Waals surface area (Å²) in [5, 5.41) is 4.62. The maximum atomic E-state index is 11.8. The summed E-state index contributed by atoms with van der Waals surface area (Å²) >= 11 is 1.42. The standard InChI is InChI=1S/C12H17NO3S/c1-8(2)9-5-7-17-11(9)12(15)13-6-4-10(14)16-3/h5,7-8H,4,6H2,1-3H3,(H,13,15). The van der Waals surface area contributed by atoms with Gasteiger partial charge in [-0.15, -0.1) is 11.3 Å². The molecule has 1 amide bonds. The predicted molar refractivity (Wildman–Crippen MR) is 67.4 cm³/mol. The number of nitrogens with one attached hydrogen (secondary N) is 1. The minimum atomic E-state index is -0.319. The molecule has 0 saturated heterocycles. The lowest BCUT2D eigenvalue weighted by atomic mass is 10.0. The van der Waals surface area contributed by atoms with E-state index in [1.807, 2.05) is 25.3 Å². The monoisotopic (exact) mass is 255 g/mol. The molecule has 0 unspecified atom stereocenters. The summed E-state index contributed by atoms with van der Waals surface area (Å²) in [4.78, 5) is 23.5. The highest BCUT2D eigenvalue weighted by atomic mass is 32.1. The van der Waals surface area contributed by atoms with Gasteiger partial charge in [0, 0.05) is 6.54 Å². The second-order valence-electron chi connectivity index (χ2n) is 3.94. The minimum Gasteiger partial charge on any atom is -0.469 e. The summed E-state index contributed by atoms with van der Waals surface area (Å²) in [7, 11) is 1.33. The van der Waals surface area contributed by atoms with Crippen LogP contribution in [0.25, 0.3) is 0 Å². The first kappa shape index (κ1) is 13.7. The molecule has 0 spiro atoms. The summed E-state index contributed by atoms with van der Waals surface area (Å²) in [5.74, 6) is -0.115. The summed E-state index contributed by atoms with van der Waals surface area (Å²) in [6.07, 6.45) is 0.199. The van der Waals surface area contributed by atoms with E-state index in [1.54, 1.807) is 0 Å². The third-order valence-electron chi connectivity index (χ3n) is 2.37. The third kappa shape index (κ3) is 3.85. The molecule has 1 rings (SSSR count). The van der Waals surface area contributed by atoms with Crippen LogP contribution in [-0.4, -0.2) is 25.5 Å². The number of hydrogen-bond donors (Lipinski definition) is 1. The highest BCUT2D eigenvalue weighted by Gasteiger charge is 2.15. The zero-order chi connectivity index (χ0) is 12.8. The molecule has 0 fully saturated rings. The molecule has 0 saturated carbocycles. The van der Waals surface area contributed by atoms with E-state index in [1.165, 1.54) is 18.4 Å². The second kappa shape index (κ2) is 6.39. The molecule has 1 N–H and O–H groups in total. The van der Waals surface area contributed by atoms with Crippen molar-refractivity contribution in [3.8, 4) is 0 Å². The zero-order valence-corrected chi connectivity index (χ0v) is 11.1. The van der Waals surface area contributed by atoms with Gasteiger partial charge in [0.15, 0.2) is 0 Å². The molecular formula is C12H17NO3S. The molecule has 0 aromatic carbocycles. The molecular weight excluding hydrogens is 238 g/mol. The van der Waals surface area contributed by atoms with E-state index < -0.39 is 0 Å². The fourth-order valence-electron chi connectivity index (χ4n) is 1.42. The van der Waals surface area contributed by atoms with Crippen molar-refractivity contribution in [2.75, 3.05) is 13.7 Å². The van der Waals surface area contributed by atoms with E-state index in [9.17, 15) is 9.59 Å². The van der Waals surface area contributed by atoms with E-state index in [2.05, 4.69) is 10.1 Å². The number of rotatable bonds is 5. The van der Waals surface area contributed by atoms with Crippen LogP contribution in [0, 0.1) is 0 Å². The van der Waals surface area contributed by atoms with Gasteiger partial charge in [-0.3, -0.25) is 9.59 Å². The Morgan fingerprint density at radius 3 is 2.76 bits per heavy atom. The maximum Gasteiger partial charge on any atom is 0.307 e. The van der Waals surface area contributed by atoms with Crippen LogP contribution in [0.4, 0.5) is 0 Å². The van der Waals surface area contributed by atoms with Crippen molar-refractivity contribution in [3.05, 3.63) is 21.9 Å². The molecule has 4 nitrogen and oxygen atoms in total. The van der Waals surface area contributed by atoms with Gasteiger partial charge in [-0.25, -0.2) is 0 Å². The first-order valence-electron chi connectivity index (χ1n) is 5.48. The van der Waals surface area contributed by atoms with Crippen LogP contribution < -0.4 is 5.32 Å². The van der Waals surface area contributed by atoms with Gasteiger partial charge in [0.25, 0.3) is 5.91 Å². The van der Waals surface area contributed by atoms with Crippen LogP contribution in [0.2, 0.25) is 0 Å². The normalized spacial score (nSPS) is 10.4. The fourth-order valence-corrected chi connectivity index (χ4v) is 2.39. The Morgan fingerprint density at radius 2 is 2.18 bits per heavy atom. The van der Waals surface area contributed by atoms with Crippen molar-refractivity contribution in [2.24, 2.45) is 0 Å². The highest BCUT2D eigenvalue weighted by Crippen LogP contribution is 2.24. The lowest BCUT2D eigenvalue weighted by Crippen LogP contribution is -2.26. The smallest absolute Gasteiger partial charge is 0.307 e. The van der Waals surface area contributed by atoms with Crippen LogP contribution in [-0.2, 0) is 9.53 Å². The lowest BCUT2D eigenvalue weighted by molar-refractivity contribution is -0.140. The molecule has 0 aliphatic carbocycles. The molecule has 0 aliphatic rings. The van der Waals surface area contributed by atoms with Crippen LogP contribution in [0.5, 0.6) is 0 Å². The largest absolute Gasteiger partial charge is 0.469 e. The fraction of sp³-hybridized carbons (Fsp3) is 0.500. The number of hydrogen-bond acceptors (Lipinski definition) is 4. The first-order valence-corrected chi connectivity index (χ1v) is 6.36. The third-order valence-corrected chi connectivity index (χ3v) is 3.30. The van der Waals surface area contributed by atoms with Crippen molar-refractivity contribution in [1.82, 2.24) is 5.32 Å². The number of carbonyl (C=O) groups excluding carboxylic acids is 2. The molecule has 1 heterocycles. The molecule has 0 bridgehead atoms. The van der Waals surface area contributed by atoms with Crippen LogP contribution in [0.15, 0.2) is 11.4 Å². The maximum absolute atomic E-state index is 11.8. The van der Waals surface area contributed by atoms with Crippen molar-refractivity contribution >= 4 is 23.2 Å². The van der Waals surface area contributed by atoms with Gasteiger partial charge in [0.1, 0.15) is 0 Å². The average Bonchev–Trinajstić information content (AvgIpc) is 2.77. The molecule has 17 heavy (non-hydrogen) atoms. The molecule has 5 heteroatoms. The molecule has 1 aromatic rings. The average molecular weight is 255 g/mol. The quantitative estimate of drug-likeness (QED) is 0.820. The van der Waals surface area contributed by atoms with E-state index in [-0.39, 0.29) is 18.3 Å². The lowest BCUT2D eigenvalue weighted by Gasteiger charge is -2.07. The Kier molecular flexibility index (Phi) is 5.15. The van der Waals surface area contributed by atoms with E-state index in [4.69, 9.17) is 0 Å². The van der Waals surface area contributed by atoms with Gasteiger partial charge in [-0.2, -0.15) is 0 Å². The Labute approximate surface area is 105 Å². The second-order valence-corrected chi connectivity index (χ2v) is 4.86. The Bertz CT molecular complexity index is 398. The number of amides is 1. The van der Waals surface area contributed by atoms with Gasteiger partial charge < -0.3 is 10.1 Å². The van der Waals surface area contributed by atoms with Gasteiger partial charge in [-0.05, 0) is 22.9 Å². The van der Waals surface area contributed by atoms with Gasteiger partial charge >= 0.3 is 5.97 Å². The van der Waals surface area contributed by atoms with Crippen LogP contribution in [0.1, 0.15) is 41.4 Å². The van der Waals surface area contributed by atoms with E-state index in [0.29, 0.717) is 12.5 Å². The van der Waals surface area contributed by atoms with Crippen molar-refractivity contribution in [1.29, 1.82) is 0 Å². The van der Waals surface area contributed by atoms with Crippen molar-refractivity contribution in [2.45, 2.75) is 26.2 Å². The number of carbonyl (C=O) groups is 2. The van der Waals surface area contributed by atoms with E-state index >= 15 is 0 Å². The Hall–Kier alpha value is -1.36. The SMILES string of the molecule is COC(=O)CCNC(=O)c1sccc1C(C)C. The molecule has 1 aromatic heterocycles. The molecule has 94 valence electrons. The zero-order valence-electron chi connectivity index (χ0n) is 10.3. The highest BCUT2D eigenvalue weighted by molar-refractivity contribution is 7.12. The summed E-state index contributed by atoms with van der Waals surface area (Å²) in [6.45, 7) is 4.40. The first-order chi connectivity index (χ1) is 8.06. The minimum absolute atomic E-state index is 0.118. The summed E-state index contributed by atoms with van der Waals surface area (Å²) < 4.78 is 4.50. The Balaban J connectivity index is 2.52. The van der Waals surface area contributed by atoms with Gasteiger partial charge in [-0.1, -0.05) is 13.8 Å². The van der Waals surface area contributed by atoms with Crippen LogP contribution >= 0.6 is 11.3 Å². The molecule has 0 aliphatic heterocycles. The number of methoxy groups -OCH3 is 1. The Morgan fingerprint density at radius 1 is 1.47 bits per heavy atom. The van der Waals surface area contributed by atoms with E-state index in [0.717, 1.165) is 10.4 Å². The number of esters is 1. The number of thiophene rings is 1. The van der Waals surface area contributed by atoms with Gasteiger partial charge in [0.2, 0.25) is 0 Å². The summed E-state index contributed by atoms with van der Waals surface area (Å²) in [5.41, 5.74) is 1.05. The van der Waals surface area contributed by atoms with Crippen molar-refractivity contribution < 1.29 is 14.3 Å². The topological polar surface area (TPSA) is 55.4 Å². The number of ether oxygens (including phenoxy) is 1. The van der Waals surface area contributed by atoms with Crippen LogP contribution in [0.3, 0.4) is 0 Å². The molecule has 0 radical (unpaired) electrons.